The van der Waals surface area contributed by atoms with E-state index >= 15 is 0 Å². The molecule has 0 bridgehead atoms. The first-order chi connectivity index (χ1) is 16.0. The quantitative estimate of drug-likeness (QED) is 0.337. The van der Waals surface area contributed by atoms with Gasteiger partial charge in [-0.1, -0.05) is 12.1 Å². The van der Waals surface area contributed by atoms with Crippen molar-refractivity contribution in [1.82, 2.24) is 15.5 Å². The number of benzene rings is 2. The summed E-state index contributed by atoms with van der Waals surface area (Å²) in [5, 5.41) is 16.3. The number of morpholine rings is 1. The van der Waals surface area contributed by atoms with Crippen LogP contribution >= 0.6 is 0 Å². The maximum atomic E-state index is 12.9. The molecule has 0 aliphatic carbocycles. The SMILES string of the molecule is COc1ccc(C=C(NC(=O)c2ccc([N+](=O)[O-])cc2)C(=O)NCCN2CCOCC2)cc1. The Morgan fingerprint density at radius 3 is 2.39 bits per heavy atom. The van der Waals surface area contributed by atoms with Gasteiger partial charge in [-0.3, -0.25) is 24.6 Å². The molecule has 1 aliphatic rings. The maximum absolute atomic E-state index is 12.9. The summed E-state index contributed by atoms with van der Waals surface area (Å²) in [5.41, 5.74) is 0.826. The van der Waals surface area contributed by atoms with Crippen LogP contribution in [-0.2, 0) is 9.53 Å². The molecule has 1 saturated heterocycles. The molecule has 0 radical (unpaired) electrons. The number of nitro groups is 1. The summed E-state index contributed by atoms with van der Waals surface area (Å²) >= 11 is 0. The molecule has 0 spiro atoms. The van der Waals surface area contributed by atoms with Crippen molar-refractivity contribution in [3.05, 3.63) is 75.5 Å². The summed E-state index contributed by atoms with van der Waals surface area (Å²) in [4.78, 5) is 38.1. The zero-order chi connectivity index (χ0) is 23.6. The molecule has 0 saturated carbocycles. The van der Waals surface area contributed by atoms with Gasteiger partial charge in [-0.05, 0) is 35.9 Å². The Kier molecular flexibility index (Phi) is 8.50. The van der Waals surface area contributed by atoms with Gasteiger partial charge >= 0.3 is 0 Å². The zero-order valence-electron chi connectivity index (χ0n) is 18.3. The predicted octanol–water partition coefficient (Wildman–Crippen LogP) is 1.82. The molecular formula is C23H26N4O6. The van der Waals surface area contributed by atoms with E-state index in [2.05, 4.69) is 15.5 Å². The third-order valence-electron chi connectivity index (χ3n) is 5.08. The first kappa shape index (κ1) is 23.9. The van der Waals surface area contributed by atoms with E-state index in [1.165, 1.54) is 24.3 Å². The van der Waals surface area contributed by atoms with Crippen molar-refractivity contribution in [3.8, 4) is 5.75 Å². The van der Waals surface area contributed by atoms with Crippen LogP contribution in [0, 0.1) is 10.1 Å². The summed E-state index contributed by atoms with van der Waals surface area (Å²) in [5.74, 6) is -0.319. The summed E-state index contributed by atoms with van der Waals surface area (Å²) in [6, 6.07) is 12.2. The van der Waals surface area contributed by atoms with Crippen molar-refractivity contribution in [2.24, 2.45) is 0 Å². The van der Waals surface area contributed by atoms with Crippen LogP contribution in [0.1, 0.15) is 15.9 Å². The van der Waals surface area contributed by atoms with Gasteiger partial charge in [0.1, 0.15) is 11.4 Å². The highest BCUT2D eigenvalue weighted by molar-refractivity contribution is 6.05. The Bertz CT molecular complexity index is 999. The van der Waals surface area contributed by atoms with Crippen LogP contribution in [0.5, 0.6) is 5.75 Å². The molecule has 1 fully saturated rings. The van der Waals surface area contributed by atoms with E-state index < -0.39 is 16.7 Å². The molecular weight excluding hydrogens is 428 g/mol. The van der Waals surface area contributed by atoms with Gasteiger partial charge in [0, 0.05) is 43.9 Å². The molecule has 2 aromatic rings. The zero-order valence-corrected chi connectivity index (χ0v) is 18.3. The van der Waals surface area contributed by atoms with E-state index in [9.17, 15) is 19.7 Å². The Balaban J connectivity index is 1.72. The van der Waals surface area contributed by atoms with Gasteiger partial charge in [0.2, 0.25) is 0 Å². The lowest BCUT2D eigenvalue weighted by Crippen LogP contribution is -2.42. The van der Waals surface area contributed by atoms with Crippen molar-refractivity contribution in [1.29, 1.82) is 0 Å². The monoisotopic (exact) mass is 454 g/mol. The minimum atomic E-state index is -0.548. The van der Waals surface area contributed by atoms with Gasteiger partial charge < -0.3 is 20.1 Å². The van der Waals surface area contributed by atoms with Crippen molar-refractivity contribution >= 4 is 23.6 Å². The minimum Gasteiger partial charge on any atom is -0.497 e. The molecule has 33 heavy (non-hydrogen) atoms. The molecule has 0 aromatic heterocycles. The second-order valence-electron chi connectivity index (χ2n) is 7.30. The Morgan fingerprint density at radius 1 is 1.12 bits per heavy atom. The fraction of sp³-hybridized carbons (Fsp3) is 0.304. The Hall–Kier alpha value is -3.76. The topological polar surface area (TPSA) is 123 Å². The van der Waals surface area contributed by atoms with E-state index in [0.29, 0.717) is 37.6 Å². The molecule has 1 aliphatic heterocycles. The molecule has 2 aromatic carbocycles. The molecule has 2 amide bonds. The number of rotatable bonds is 9. The number of hydrogen-bond donors (Lipinski definition) is 2. The largest absolute Gasteiger partial charge is 0.497 e. The smallest absolute Gasteiger partial charge is 0.269 e. The lowest BCUT2D eigenvalue weighted by Gasteiger charge is -2.26. The fourth-order valence-corrected chi connectivity index (χ4v) is 3.20. The number of hydrogen-bond acceptors (Lipinski definition) is 7. The first-order valence-corrected chi connectivity index (χ1v) is 10.5. The molecule has 174 valence electrons. The van der Waals surface area contributed by atoms with Gasteiger partial charge in [-0.15, -0.1) is 0 Å². The molecule has 3 rings (SSSR count). The van der Waals surface area contributed by atoms with Crippen molar-refractivity contribution in [3.63, 3.8) is 0 Å². The normalized spacial score (nSPS) is 14.4. The van der Waals surface area contributed by atoms with Crippen LogP contribution in [0.15, 0.2) is 54.2 Å². The third kappa shape index (κ3) is 7.13. The van der Waals surface area contributed by atoms with Crippen LogP contribution in [0.25, 0.3) is 6.08 Å². The van der Waals surface area contributed by atoms with E-state index in [1.54, 1.807) is 37.5 Å². The van der Waals surface area contributed by atoms with Gasteiger partial charge in [0.25, 0.3) is 17.5 Å². The number of nitrogens with one attached hydrogen (secondary N) is 2. The van der Waals surface area contributed by atoms with E-state index in [4.69, 9.17) is 9.47 Å². The van der Waals surface area contributed by atoms with Crippen LogP contribution in [0.2, 0.25) is 0 Å². The lowest BCUT2D eigenvalue weighted by atomic mass is 10.1. The minimum absolute atomic E-state index is 0.0606. The highest BCUT2D eigenvalue weighted by Gasteiger charge is 2.17. The number of carbonyl (C=O) groups is 2. The maximum Gasteiger partial charge on any atom is 0.269 e. The number of ether oxygens (including phenoxy) is 2. The molecule has 1 heterocycles. The van der Waals surface area contributed by atoms with Gasteiger partial charge in [0.05, 0.1) is 25.2 Å². The molecule has 0 unspecified atom stereocenters. The average Bonchev–Trinajstić information content (AvgIpc) is 2.84. The highest BCUT2D eigenvalue weighted by atomic mass is 16.6. The van der Waals surface area contributed by atoms with Gasteiger partial charge in [-0.25, -0.2) is 0 Å². The number of methoxy groups -OCH3 is 1. The molecule has 10 nitrogen and oxygen atoms in total. The average molecular weight is 454 g/mol. The van der Waals surface area contributed by atoms with Gasteiger partial charge in [0.15, 0.2) is 0 Å². The van der Waals surface area contributed by atoms with Crippen LogP contribution in [-0.4, -0.2) is 68.1 Å². The predicted molar refractivity (Wildman–Crippen MR) is 122 cm³/mol. The van der Waals surface area contributed by atoms with E-state index in [0.717, 1.165) is 13.1 Å². The lowest BCUT2D eigenvalue weighted by molar-refractivity contribution is -0.384. The molecule has 0 atom stereocenters. The summed E-state index contributed by atoms with van der Waals surface area (Å²) < 4.78 is 10.5. The third-order valence-corrected chi connectivity index (χ3v) is 5.08. The number of carbonyl (C=O) groups excluding carboxylic acids is 2. The van der Waals surface area contributed by atoms with Crippen LogP contribution in [0.3, 0.4) is 0 Å². The van der Waals surface area contributed by atoms with Crippen LogP contribution < -0.4 is 15.4 Å². The van der Waals surface area contributed by atoms with Crippen molar-refractivity contribution < 1.29 is 24.0 Å². The first-order valence-electron chi connectivity index (χ1n) is 10.5. The summed E-state index contributed by atoms with van der Waals surface area (Å²) in [6.07, 6.45) is 1.56. The number of non-ortho nitro benzene ring substituents is 1. The second-order valence-corrected chi connectivity index (χ2v) is 7.30. The highest BCUT2D eigenvalue weighted by Crippen LogP contribution is 2.15. The number of amides is 2. The Labute approximate surface area is 191 Å². The van der Waals surface area contributed by atoms with Crippen LogP contribution in [0.4, 0.5) is 5.69 Å². The number of nitrogens with zero attached hydrogens (tertiary/aromatic N) is 2. The van der Waals surface area contributed by atoms with E-state index in [1.807, 2.05) is 0 Å². The Morgan fingerprint density at radius 2 is 1.79 bits per heavy atom. The molecule has 10 heteroatoms. The molecule has 2 N–H and O–H groups in total. The fourth-order valence-electron chi connectivity index (χ4n) is 3.20. The van der Waals surface area contributed by atoms with Crippen molar-refractivity contribution in [2.45, 2.75) is 0 Å². The van der Waals surface area contributed by atoms with Gasteiger partial charge in [-0.2, -0.15) is 0 Å². The standard InChI is InChI=1S/C23H26N4O6/c1-32-20-8-2-17(3-9-20)16-21(23(29)24-10-11-26-12-14-33-15-13-26)25-22(28)18-4-6-19(7-5-18)27(30)31/h2-9,16H,10-15H2,1H3,(H,24,29)(H,25,28). The van der Waals surface area contributed by atoms with Crippen molar-refractivity contribution in [2.75, 3.05) is 46.5 Å². The second kappa shape index (κ2) is 11.7. The summed E-state index contributed by atoms with van der Waals surface area (Å²) in [7, 11) is 1.56. The van der Waals surface area contributed by atoms with E-state index in [-0.39, 0.29) is 16.9 Å². The number of nitro benzene ring substituents is 1. The summed E-state index contributed by atoms with van der Waals surface area (Å²) in [6.45, 7) is 4.03.